The van der Waals surface area contributed by atoms with Gasteiger partial charge in [-0.15, -0.1) is 0 Å². The quantitative estimate of drug-likeness (QED) is 0.335. The van der Waals surface area contributed by atoms with Crippen LogP contribution in [0.25, 0.3) is 6.08 Å². The molecule has 0 spiro atoms. The van der Waals surface area contributed by atoms with Crippen LogP contribution in [0.5, 0.6) is 11.5 Å². The Labute approximate surface area is 189 Å². The number of thioether (sulfide) groups is 1. The number of imide groups is 1. The molecule has 0 atom stereocenters. The lowest BCUT2D eigenvalue weighted by Crippen LogP contribution is -2.27. The number of halogens is 1. The highest BCUT2D eigenvalue weighted by Crippen LogP contribution is 2.34. The molecular formula is C25H20FNO4S. The molecule has 5 nitrogen and oxygen atoms in total. The van der Waals surface area contributed by atoms with Gasteiger partial charge in [-0.05, 0) is 53.7 Å². The Morgan fingerprint density at radius 3 is 2.31 bits per heavy atom. The van der Waals surface area contributed by atoms with E-state index in [-0.39, 0.29) is 23.5 Å². The zero-order valence-corrected chi connectivity index (χ0v) is 17.9. The van der Waals surface area contributed by atoms with E-state index in [2.05, 4.69) is 0 Å². The van der Waals surface area contributed by atoms with E-state index in [1.54, 1.807) is 24.3 Å². The first-order chi connectivity index (χ1) is 15.6. The molecule has 32 heavy (non-hydrogen) atoms. The standard InChI is InChI=1S/C25H20FNO4S/c26-20-12-10-18(11-13-20)17-27-24(28)23(32-25(27)29)16-19-6-4-5-9-22(19)31-15-14-30-21-7-2-1-3-8-21/h1-13,16H,14-15,17H2/b23-16+. The van der Waals surface area contributed by atoms with E-state index in [4.69, 9.17) is 9.47 Å². The third-order valence-electron chi connectivity index (χ3n) is 4.69. The topological polar surface area (TPSA) is 55.8 Å². The molecule has 0 saturated carbocycles. The Hall–Kier alpha value is -3.58. The molecule has 1 heterocycles. The third-order valence-corrected chi connectivity index (χ3v) is 5.59. The molecule has 0 radical (unpaired) electrons. The maximum atomic E-state index is 13.1. The molecule has 0 aromatic heterocycles. The van der Waals surface area contributed by atoms with Crippen LogP contribution in [0.1, 0.15) is 11.1 Å². The molecule has 7 heteroatoms. The van der Waals surface area contributed by atoms with Gasteiger partial charge in [-0.25, -0.2) is 4.39 Å². The van der Waals surface area contributed by atoms with Gasteiger partial charge in [0.1, 0.15) is 30.5 Å². The van der Waals surface area contributed by atoms with Crippen molar-refractivity contribution in [1.29, 1.82) is 0 Å². The molecule has 3 aromatic carbocycles. The number of hydrogen-bond donors (Lipinski definition) is 0. The van der Waals surface area contributed by atoms with Gasteiger partial charge in [-0.1, -0.05) is 48.5 Å². The Morgan fingerprint density at radius 2 is 1.53 bits per heavy atom. The Kier molecular flexibility index (Phi) is 6.87. The van der Waals surface area contributed by atoms with Gasteiger partial charge in [0.05, 0.1) is 11.4 Å². The van der Waals surface area contributed by atoms with E-state index in [1.807, 2.05) is 48.5 Å². The molecule has 2 amide bonds. The molecule has 0 bridgehead atoms. The van der Waals surface area contributed by atoms with Gasteiger partial charge in [0.2, 0.25) is 0 Å². The van der Waals surface area contributed by atoms with Crippen LogP contribution < -0.4 is 9.47 Å². The van der Waals surface area contributed by atoms with Crippen LogP contribution in [0.3, 0.4) is 0 Å². The molecule has 162 valence electrons. The van der Waals surface area contributed by atoms with Gasteiger partial charge in [0, 0.05) is 5.56 Å². The summed E-state index contributed by atoms with van der Waals surface area (Å²) in [6.07, 6.45) is 1.66. The first kappa shape index (κ1) is 21.6. The third kappa shape index (κ3) is 5.36. The van der Waals surface area contributed by atoms with Crippen molar-refractivity contribution in [2.75, 3.05) is 13.2 Å². The summed E-state index contributed by atoms with van der Waals surface area (Å²) >= 11 is 0.878. The lowest BCUT2D eigenvalue weighted by atomic mass is 10.1. The molecule has 0 N–H and O–H groups in total. The maximum absolute atomic E-state index is 13.1. The summed E-state index contributed by atoms with van der Waals surface area (Å²) in [5.74, 6) is 0.605. The van der Waals surface area contributed by atoms with Gasteiger partial charge >= 0.3 is 0 Å². The summed E-state index contributed by atoms with van der Waals surface area (Å²) in [5, 5.41) is -0.361. The molecule has 1 saturated heterocycles. The van der Waals surface area contributed by atoms with Gasteiger partial charge in [0.15, 0.2) is 0 Å². The van der Waals surface area contributed by atoms with E-state index >= 15 is 0 Å². The number of nitrogens with zero attached hydrogens (tertiary/aromatic N) is 1. The minimum absolute atomic E-state index is 0.0945. The van der Waals surface area contributed by atoms with Crippen LogP contribution in [0.15, 0.2) is 83.8 Å². The van der Waals surface area contributed by atoms with Crippen LogP contribution in [0.2, 0.25) is 0 Å². The van der Waals surface area contributed by atoms with E-state index < -0.39 is 0 Å². The number of rotatable bonds is 8. The van der Waals surface area contributed by atoms with Crippen LogP contribution in [-0.4, -0.2) is 29.3 Å². The minimum atomic E-state index is -0.383. The fraction of sp³-hybridized carbons (Fsp3) is 0.120. The first-order valence-corrected chi connectivity index (χ1v) is 10.8. The predicted octanol–water partition coefficient (Wildman–Crippen LogP) is 5.52. The molecule has 0 unspecified atom stereocenters. The summed E-state index contributed by atoms with van der Waals surface area (Å²) < 4.78 is 24.6. The number of carbonyl (C=O) groups excluding carboxylic acids is 2. The normalized spacial score (nSPS) is 14.8. The average molecular weight is 450 g/mol. The monoisotopic (exact) mass is 449 g/mol. The van der Waals surface area contributed by atoms with Crippen molar-refractivity contribution >= 4 is 29.0 Å². The van der Waals surface area contributed by atoms with Crippen molar-refractivity contribution in [3.8, 4) is 11.5 Å². The smallest absolute Gasteiger partial charge is 0.293 e. The fourth-order valence-corrected chi connectivity index (χ4v) is 3.94. The van der Waals surface area contributed by atoms with Crippen LogP contribution in [0, 0.1) is 5.82 Å². The summed E-state index contributed by atoms with van der Waals surface area (Å²) in [4.78, 5) is 26.7. The Balaban J connectivity index is 1.41. The average Bonchev–Trinajstić information content (AvgIpc) is 3.07. The summed E-state index contributed by atoms with van der Waals surface area (Å²) in [7, 11) is 0. The number of para-hydroxylation sites is 2. The molecular weight excluding hydrogens is 429 g/mol. The summed E-state index contributed by atoms with van der Waals surface area (Å²) in [6.45, 7) is 0.787. The van der Waals surface area contributed by atoms with Gasteiger partial charge in [-0.2, -0.15) is 0 Å². The highest BCUT2D eigenvalue weighted by molar-refractivity contribution is 8.18. The lowest BCUT2D eigenvalue weighted by molar-refractivity contribution is -0.123. The van der Waals surface area contributed by atoms with Gasteiger partial charge in [0.25, 0.3) is 11.1 Å². The second-order valence-electron chi connectivity index (χ2n) is 6.94. The van der Waals surface area contributed by atoms with E-state index in [1.165, 1.54) is 12.1 Å². The van der Waals surface area contributed by atoms with Crippen molar-refractivity contribution < 1.29 is 23.5 Å². The Bertz CT molecular complexity index is 1130. The number of ether oxygens (including phenoxy) is 2. The van der Waals surface area contributed by atoms with Gasteiger partial charge in [-0.3, -0.25) is 14.5 Å². The predicted molar refractivity (Wildman–Crippen MR) is 122 cm³/mol. The van der Waals surface area contributed by atoms with Crippen molar-refractivity contribution in [2.45, 2.75) is 6.54 Å². The van der Waals surface area contributed by atoms with Crippen molar-refractivity contribution in [1.82, 2.24) is 4.90 Å². The van der Waals surface area contributed by atoms with Crippen LogP contribution >= 0.6 is 11.8 Å². The van der Waals surface area contributed by atoms with Crippen LogP contribution in [-0.2, 0) is 11.3 Å². The van der Waals surface area contributed by atoms with Crippen molar-refractivity contribution in [2.24, 2.45) is 0 Å². The molecule has 1 aliphatic rings. The fourth-order valence-electron chi connectivity index (χ4n) is 3.11. The number of benzene rings is 3. The minimum Gasteiger partial charge on any atom is -0.490 e. The molecule has 1 fully saturated rings. The van der Waals surface area contributed by atoms with E-state index in [0.29, 0.717) is 35.0 Å². The highest BCUT2D eigenvalue weighted by atomic mass is 32.2. The van der Waals surface area contributed by atoms with E-state index in [0.717, 1.165) is 22.4 Å². The largest absolute Gasteiger partial charge is 0.490 e. The second-order valence-corrected chi connectivity index (χ2v) is 7.94. The molecule has 1 aliphatic heterocycles. The summed E-state index contributed by atoms with van der Waals surface area (Å²) in [6, 6.07) is 22.5. The molecule has 4 rings (SSSR count). The SMILES string of the molecule is O=C1S/C(=C/c2ccccc2OCCOc2ccccc2)C(=O)N1Cc1ccc(F)cc1. The number of amides is 2. The van der Waals surface area contributed by atoms with Gasteiger partial charge < -0.3 is 9.47 Å². The maximum Gasteiger partial charge on any atom is 0.293 e. The summed E-state index contributed by atoms with van der Waals surface area (Å²) in [5.41, 5.74) is 1.37. The second kappa shape index (κ2) is 10.2. The zero-order valence-electron chi connectivity index (χ0n) is 17.1. The van der Waals surface area contributed by atoms with Crippen molar-refractivity contribution in [3.05, 3.63) is 101 Å². The molecule has 3 aromatic rings. The first-order valence-electron chi connectivity index (χ1n) is 9.99. The van der Waals surface area contributed by atoms with Crippen LogP contribution in [0.4, 0.5) is 9.18 Å². The lowest BCUT2D eigenvalue weighted by Gasteiger charge is -2.12. The highest BCUT2D eigenvalue weighted by Gasteiger charge is 2.35. The van der Waals surface area contributed by atoms with E-state index in [9.17, 15) is 14.0 Å². The molecule has 0 aliphatic carbocycles. The zero-order chi connectivity index (χ0) is 22.3. The Morgan fingerprint density at radius 1 is 0.844 bits per heavy atom. The van der Waals surface area contributed by atoms with Crippen molar-refractivity contribution in [3.63, 3.8) is 0 Å². The number of carbonyl (C=O) groups is 2. The number of hydrogen-bond acceptors (Lipinski definition) is 5.